The highest BCUT2D eigenvalue weighted by molar-refractivity contribution is 5.66. The normalized spacial score (nSPS) is 24.2. The molecule has 2 aromatic carbocycles. The summed E-state index contributed by atoms with van der Waals surface area (Å²) in [5, 5.41) is 14.6. The fraction of sp³-hybridized carbons (Fsp3) is 0.300. The van der Waals surface area contributed by atoms with Crippen molar-refractivity contribution < 1.29 is 4.92 Å². The molecule has 3 atom stereocenters. The Bertz CT molecular complexity index is 839. The van der Waals surface area contributed by atoms with E-state index in [9.17, 15) is 10.1 Å². The van der Waals surface area contributed by atoms with Crippen molar-refractivity contribution in [3.63, 3.8) is 0 Å². The first-order chi connectivity index (χ1) is 11.6. The zero-order valence-electron chi connectivity index (χ0n) is 13.8. The number of nitro groups is 1. The predicted molar refractivity (Wildman–Crippen MR) is 95.4 cm³/mol. The minimum Gasteiger partial charge on any atom is -0.377 e. The number of hydrogen-bond acceptors (Lipinski definition) is 3. The minimum atomic E-state index is -0.346. The number of allylic oxidation sites excluding steroid dienone is 2. The van der Waals surface area contributed by atoms with Gasteiger partial charge in [-0.3, -0.25) is 10.1 Å². The van der Waals surface area contributed by atoms with E-state index in [1.807, 2.05) is 12.1 Å². The third-order valence-electron chi connectivity index (χ3n) is 5.41. The van der Waals surface area contributed by atoms with Gasteiger partial charge in [0.2, 0.25) is 0 Å². The SMILES string of the molecule is Cc1ccc(C)c2c1N[C@@H](c1ccc([N+](=O)[O-])cc1)[C@H]1CC=C[C@@H]21. The van der Waals surface area contributed by atoms with Gasteiger partial charge >= 0.3 is 0 Å². The van der Waals surface area contributed by atoms with Crippen LogP contribution in [0.4, 0.5) is 11.4 Å². The van der Waals surface area contributed by atoms with Gasteiger partial charge in [-0.1, -0.05) is 36.4 Å². The molecule has 0 saturated carbocycles. The first kappa shape index (κ1) is 14.9. The van der Waals surface area contributed by atoms with E-state index in [-0.39, 0.29) is 16.7 Å². The first-order valence-corrected chi connectivity index (χ1v) is 8.34. The number of aryl methyl sites for hydroxylation is 2. The maximum absolute atomic E-state index is 10.9. The van der Waals surface area contributed by atoms with E-state index in [2.05, 4.69) is 43.4 Å². The molecule has 0 radical (unpaired) electrons. The Hall–Kier alpha value is -2.62. The third kappa shape index (κ3) is 2.21. The van der Waals surface area contributed by atoms with Crippen LogP contribution in [-0.2, 0) is 0 Å². The van der Waals surface area contributed by atoms with Gasteiger partial charge in [0, 0.05) is 23.7 Å². The van der Waals surface area contributed by atoms with E-state index >= 15 is 0 Å². The van der Waals surface area contributed by atoms with Gasteiger partial charge in [0.25, 0.3) is 5.69 Å². The molecule has 1 heterocycles. The Kier molecular flexibility index (Phi) is 3.41. The number of hydrogen-bond donors (Lipinski definition) is 1. The number of nitro benzene ring substituents is 1. The molecule has 1 N–H and O–H groups in total. The van der Waals surface area contributed by atoms with Crippen LogP contribution in [0.25, 0.3) is 0 Å². The molecule has 1 aliphatic carbocycles. The first-order valence-electron chi connectivity index (χ1n) is 8.34. The fourth-order valence-corrected chi connectivity index (χ4v) is 4.18. The number of nitrogens with one attached hydrogen (secondary N) is 1. The van der Waals surface area contributed by atoms with Crippen molar-refractivity contribution in [3.8, 4) is 0 Å². The molecule has 0 amide bonds. The highest BCUT2D eigenvalue weighted by atomic mass is 16.6. The summed E-state index contributed by atoms with van der Waals surface area (Å²) in [5.41, 5.74) is 6.47. The fourth-order valence-electron chi connectivity index (χ4n) is 4.18. The molecule has 24 heavy (non-hydrogen) atoms. The average molecular weight is 320 g/mol. The lowest BCUT2D eigenvalue weighted by Gasteiger charge is -2.39. The van der Waals surface area contributed by atoms with Crippen LogP contribution in [0.3, 0.4) is 0 Å². The second kappa shape index (κ2) is 5.48. The van der Waals surface area contributed by atoms with Crippen LogP contribution in [0.2, 0.25) is 0 Å². The van der Waals surface area contributed by atoms with Crippen molar-refractivity contribution in [1.29, 1.82) is 0 Å². The van der Waals surface area contributed by atoms with Crippen molar-refractivity contribution in [1.82, 2.24) is 0 Å². The smallest absolute Gasteiger partial charge is 0.269 e. The molecule has 4 heteroatoms. The Morgan fingerprint density at radius 3 is 2.50 bits per heavy atom. The van der Waals surface area contributed by atoms with Gasteiger partial charge in [-0.2, -0.15) is 0 Å². The van der Waals surface area contributed by atoms with Crippen LogP contribution in [0.15, 0.2) is 48.6 Å². The Morgan fingerprint density at radius 1 is 1.08 bits per heavy atom. The molecule has 4 rings (SSSR count). The number of fused-ring (bicyclic) bond motifs is 3. The van der Waals surface area contributed by atoms with Crippen molar-refractivity contribution in [2.75, 3.05) is 5.32 Å². The summed E-state index contributed by atoms with van der Waals surface area (Å²) in [7, 11) is 0. The second-order valence-corrected chi connectivity index (χ2v) is 6.81. The molecule has 122 valence electrons. The van der Waals surface area contributed by atoms with E-state index in [1.54, 1.807) is 12.1 Å². The molecule has 4 nitrogen and oxygen atoms in total. The Balaban J connectivity index is 1.78. The van der Waals surface area contributed by atoms with Gasteiger partial charge in [0.1, 0.15) is 0 Å². The molecule has 0 aromatic heterocycles. The van der Waals surface area contributed by atoms with Crippen LogP contribution >= 0.6 is 0 Å². The lowest BCUT2D eigenvalue weighted by Crippen LogP contribution is -2.30. The van der Waals surface area contributed by atoms with E-state index in [4.69, 9.17) is 0 Å². The van der Waals surface area contributed by atoms with Gasteiger partial charge in [-0.05, 0) is 48.4 Å². The third-order valence-corrected chi connectivity index (χ3v) is 5.41. The van der Waals surface area contributed by atoms with Gasteiger partial charge in [-0.15, -0.1) is 0 Å². The molecule has 0 unspecified atom stereocenters. The van der Waals surface area contributed by atoms with E-state index in [0.717, 1.165) is 12.0 Å². The number of non-ortho nitro benzene ring substituents is 1. The van der Waals surface area contributed by atoms with Crippen LogP contribution < -0.4 is 5.32 Å². The molecule has 1 aliphatic heterocycles. The number of nitrogens with zero attached hydrogens (tertiary/aromatic N) is 1. The summed E-state index contributed by atoms with van der Waals surface area (Å²) in [6.45, 7) is 4.31. The molecule has 2 aromatic rings. The van der Waals surface area contributed by atoms with Crippen molar-refractivity contribution in [2.45, 2.75) is 32.2 Å². The van der Waals surface area contributed by atoms with E-state index in [1.165, 1.54) is 22.4 Å². The summed E-state index contributed by atoms with van der Waals surface area (Å²) < 4.78 is 0. The highest BCUT2D eigenvalue weighted by Crippen LogP contribution is 2.51. The number of rotatable bonds is 2. The summed E-state index contributed by atoms with van der Waals surface area (Å²) in [6.07, 6.45) is 5.63. The van der Waals surface area contributed by atoms with Crippen LogP contribution in [0, 0.1) is 29.9 Å². The Morgan fingerprint density at radius 2 is 1.79 bits per heavy atom. The molecule has 2 aliphatic rings. The molecular formula is C20H20N2O2. The zero-order valence-corrected chi connectivity index (χ0v) is 13.8. The van der Waals surface area contributed by atoms with Gasteiger partial charge in [0.05, 0.1) is 11.0 Å². The highest BCUT2D eigenvalue weighted by Gasteiger charge is 2.39. The van der Waals surface area contributed by atoms with E-state index < -0.39 is 0 Å². The van der Waals surface area contributed by atoms with Crippen molar-refractivity contribution in [3.05, 3.63) is 80.9 Å². The molecular weight excluding hydrogens is 300 g/mol. The maximum Gasteiger partial charge on any atom is 0.269 e. The van der Waals surface area contributed by atoms with Crippen molar-refractivity contribution in [2.24, 2.45) is 5.92 Å². The number of benzene rings is 2. The largest absolute Gasteiger partial charge is 0.377 e. The summed E-state index contributed by atoms with van der Waals surface area (Å²) >= 11 is 0. The lowest BCUT2D eigenvalue weighted by atomic mass is 9.75. The maximum atomic E-state index is 10.9. The molecule has 0 spiro atoms. The van der Waals surface area contributed by atoms with Gasteiger partial charge in [-0.25, -0.2) is 0 Å². The zero-order chi connectivity index (χ0) is 16.8. The second-order valence-electron chi connectivity index (χ2n) is 6.81. The Labute approximate surface area is 141 Å². The van der Waals surface area contributed by atoms with E-state index in [0.29, 0.717) is 11.8 Å². The van der Waals surface area contributed by atoms with Crippen LogP contribution in [-0.4, -0.2) is 4.92 Å². The summed E-state index contributed by atoms with van der Waals surface area (Å²) in [5.74, 6) is 0.876. The predicted octanol–water partition coefficient (Wildman–Crippen LogP) is 5.04. The average Bonchev–Trinajstić information content (AvgIpc) is 3.07. The monoisotopic (exact) mass is 320 g/mol. The van der Waals surface area contributed by atoms with Crippen LogP contribution in [0.5, 0.6) is 0 Å². The molecule has 0 fully saturated rings. The molecule has 0 bridgehead atoms. The minimum absolute atomic E-state index is 0.142. The lowest BCUT2D eigenvalue weighted by molar-refractivity contribution is -0.384. The topological polar surface area (TPSA) is 55.2 Å². The van der Waals surface area contributed by atoms with Crippen molar-refractivity contribution >= 4 is 11.4 Å². The standard InChI is InChI=1S/C20H20N2O2/c1-12-6-7-13(2)19-18(12)16-4-3-5-17(16)20(21-19)14-8-10-15(11-9-14)22(23)24/h3-4,6-11,16-17,20-21H,5H2,1-2H3/t16-,17+,20+/m1/s1. The molecule has 0 saturated heterocycles. The summed E-state index contributed by atoms with van der Waals surface area (Å²) in [4.78, 5) is 10.6. The summed E-state index contributed by atoms with van der Waals surface area (Å²) in [6, 6.07) is 11.5. The van der Waals surface area contributed by atoms with Gasteiger partial charge < -0.3 is 5.32 Å². The quantitative estimate of drug-likeness (QED) is 0.479. The van der Waals surface area contributed by atoms with Gasteiger partial charge in [0.15, 0.2) is 0 Å². The van der Waals surface area contributed by atoms with Crippen LogP contribution in [0.1, 0.15) is 40.6 Å². The number of anilines is 1.